The Balaban J connectivity index is 0.843. The second-order valence-corrected chi connectivity index (χ2v) is 16.5. The molecule has 3 atom stereocenters. The van der Waals surface area contributed by atoms with Gasteiger partial charge in [0.05, 0.1) is 5.69 Å². The van der Waals surface area contributed by atoms with Crippen LogP contribution in [0.3, 0.4) is 0 Å². The summed E-state index contributed by atoms with van der Waals surface area (Å²) in [6.07, 6.45) is 10.6. The zero-order chi connectivity index (χ0) is 34.1. The minimum atomic E-state index is -0.343. The summed E-state index contributed by atoms with van der Waals surface area (Å²) in [6, 6.07) is 5.86. The standard InChI is InChI=1S/C38H48FN9O2/c1-23(2)35(26-10-30(11-26)47-16-27-14-46(24(3)49)15-28(27)17-47)48-19-38(20-48)8-9-45(18-38)36-37(44-43-22-42-36)50-33-7-6-29(39)12-31(33)32-13-40-21-41-34(32)25-4-5-25/h6-7,12-13,21-23,25-28,30,35H,4-5,8-11,14-20H2,1-3H3/t26?,27?,28?,30?,35-/m1/s1. The highest BCUT2D eigenvalue weighted by Gasteiger charge is 2.54. The lowest BCUT2D eigenvalue weighted by Crippen LogP contribution is -2.65. The van der Waals surface area contributed by atoms with Crippen LogP contribution >= 0.6 is 0 Å². The van der Waals surface area contributed by atoms with Gasteiger partial charge in [0.1, 0.15) is 24.2 Å². The van der Waals surface area contributed by atoms with E-state index in [1.807, 2.05) is 0 Å². The van der Waals surface area contributed by atoms with Gasteiger partial charge in [-0.25, -0.2) is 19.3 Å². The van der Waals surface area contributed by atoms with Crippen molar-refractivity contribution >= 4 is 11.7 Å². The number of benzene rings is 1. The van der Waals surface area contributed by atoms with Crippen LogP contribution in [0.4, 0.5) is 10.2 Å². The summed E-state index contributed by atoms with van der Waals surface area (Å²) in [7, 11) is 0. The van der Waals surface area contributed by atoms with Gasteiger partial charge in [-0.3, -0.25) is 14.6 Å². The molecule has 6 aliphatic rings. The van der Waals surface area contributed by atoms with Crippen molar-refractivity contribution < 1.29 is 13.9 Å². The summed E-state index contributed by atoms with van der Waals surface area (Å²) in [5.74, 6) is 4.44. The first kappa shape index (κ1) is 32.2. The molecule has 1 aromatic carbocycles. The lowest BCUT2D eigenvalue weighted by Gasteiger charge is -2.57. The third-order valence-electron chi connectivity index (χ3n) is 12.7. The van der Waals surface area contributed by atoms with Crippen molar-refractivity contribution in [3.63, 3.8) is 0 Å². The lowest BCUT2D eigenvalue weighted by atomic mass is 9.68. The van der Waals surface area contributed by atoms with Crippen LogP contribution in [0.25, 0.3) is 11.1 Å². The maximum Gasteiger partial charge on any atom is 0.282 e. The van der Waals surface area contributed by atoms with Crippen molar-refractivity contribution in [3.8, 4) is 22.8 Å². The van der Waals surface area contributed by atoms with E-state index in [0.29, 0.717) is 58.8 Å². The van der Waals surface area contributed by atoms with Crippen LogP contribution in [0.5, 0.6) is 11.6 Å². The Kier molecular flexibility index (Phi) is 8.02. The smallest absolute Gasteiger partial charge is 0.282 e. The maximum atomic E-state index is 14.6. The number of aromatic nitrogens is 5. The molecule has 11 nitrogen and oxygen atoms in total. The number of ether oxygens (including phenoxy) is 1. The molecular weight excluding hydrogens is 633 g/mol. The molecule has 2 aliphatic carbocycles. The minimum Gasteiger partial charge on any atom is -0.434 e. The van der Waals surface area contributed by atoms with E-state index in [-0.39, 0.29) is 17.1 Å². The molecule has 50 heavy (non-hydrogen) atoms. The Labute approximate surface area is 293 Å². The first-order valence-corrected chi connectivity index (χ1v) is 18.7. The summed E-state index contributed by atoms with van der Waals surface area (Å²) < 4.78 is 21.0. The zero-order valence-corrected chi connectivity index (χ0v) is 29.4. The predicted octanol–water partition coefficient (Wildman–Crippen LogP) is 4.86. The lowest BCUT2D eigenvalue weighted by molar-refractivity contribution is -0.128. The number of amides is 1. The first-order valence-electron chi connectivity index (χ1n) is 18.7. The average Bonchev–Trinajstić information content (AvgIpc) is 3.50. The van der Waals surface area contributed by atoms with Gasteiger partial charge in [-0.05, 0) is 74.0 Å². The molecular formula is C38H48FN9O2. The van der Waals surface area contributed by atoms with Crippen LogP contribution in [-0.2, 0) is 4.79 Å². The topological polar surface area (TPSA) is 104 Å². The fraction of sp³-hybridized carbons (Fsp3) is 0.632. The summed E-state index contributed by atoms with van der Waals surface area (Å²) >= 11 is 0. The molecule has 6 fully saturated rings. The number of anilines is 1. The fourth-order valence-electron chi connectivity index (χ4n) is 10.1. The van der Waals surface area contributed by atoms with Gasteiger partial charge in [0.2, 0.25) is 5.91 Å². The van der Waals surface area contributed by atoms with E-state index in [9.17, 15) is 9.18 Å². The van der Waals surface area contributed by atoms with Crippen molar-refractivity contribution in [2.24, 2.45) is 29.1 Å². The van der Waals surface area contributed by atoms with Gasteiger partial charge < -0.3 is 14.5 Å². The maximum absolute atomic E-state index is 14.6. The highest BCUT2D eigenvalue weighted by Crippen LogP contribution is 2.50. The predicted molar refractivity (Wildman–Crippen MR) is 186 cm³/mol. The van der Waals surface area contributed by atoms with Crippen LogP contribution in [0.1, 0.15) is 64.5 Å². The van der Waals surface area contributed by atoms with Gasteiger partial charge in [-0.2, -0.15) is 0 Å². The third-order valence-corrected chi connectivity index (χ3v) is 12.7. The van der Waals surface area contributed by atoms with Crippen LogP contribution in [0, 0.1) is 34.9 Å². The van der Waals surface area contributed by atoms with E-state index in [1.165, 1.54) is 31.3 Å². The first-order chi connectivity index (χ1) is 24.2. The Hall–Kier alpha value is -3.77. The summed E-state index contributed by atoms with van der Waals surface area (Å²) in [5.41, 5.74) is 2.57. The highest BCUT2D eigenvalue weighted by molar-refractivity contribution is 5.74. The number of halogens is 1. The number of carbonyl (C=O) groups is 1. The normalized spacial score (nSPS) is 28.2. The molecule has 4 aliphatic heterocycles. The van der Waals surface area contributed by atoms with Crippen molar-refractivity contribution in [1.29, 1.82) is 0 Å². The number of rotatable bonds is 9. The quantitative estimate of drug-likeness (QED) is 0.311. The van der Waals surface area contributed by atoms with Gasteiger partial charge in [0, 0.05) is 100 Å². The number of hydrogen-bond acceptors (Lipinski definition) is 10. The van der Waals surface area contributed by atoms with Crippen LogP contribution < -0.4 is 9.64 Å². The van der Waals surface area contributed by atoms with E-state index in [2.05, 4.69) is 58.6 Å². The number of hydrogen-bond donors (Lipinski definition) is 0. The Morgan fingerprint density at radius 2 is 1.78 bits per heavy atom. The van der Waals surface area contributed by atoms with E-state index >= 15 is 0 Å². The molecule has 2 saturated carbocycles. The third kappa shape index (κ3) is 5.81. The van der Waals surface area contributed by atoms with Crippen molar-refractivity contribution in [1.82, 2.24) is 39.8 Å². The highest BCUT2D eigenvalue weighted by atomic mass is 19.1. The number of carbonyl (C=O) groups excluding carboxylic acids is 1. The van der Waals surface area contributed by atoms with Crippen molar-refractivity contribution in [2.45, 2.75) is 70.9 Å². The van der Waals surface area contributed by atoms with Gasteiger partial charge in [-0.1, -0.05) is 13.8 Å². The van der Waals surface area contributed by atoms with Gasteiger partial charge in [-0.15, -0.1) is 10.2 Å². The molecule has 1 spiro atoms. The number of nitrogens with zero attached hydrogens (tertiary/aromatic N) is 9. The fourth-order valence-corrected chi connectivity index (χ4v) is 10.1. The Bertz CT molecular complexity index is 1740. The molecule has 3 aromatic rings. The second kappa shape index (κ2) is 12.5. The van der Waals surface area contributed by atoms with Crippen molar-refractivity contribution in [3.05, 3.63) is 48.6 Å². The SMILES string of the molecule is CC(=O)N1CC2CN(C3CC([C@@H](C(C)C)N4CC5(CCN(c6ncnnc6Oc6ccc(F)cc6-c6cncnc6C6CC6)C5)C4)C3)CC2C1. The molecule has 264 valence electrons. The molecule has 12 heteroatoms. The molecule has 6 heterocycles. The second-order valence-electron chi connectivity index (χ2n) is 16.5. The monoisotopic (exact) mass is 681 g/mol. The summed E-state index contributed by atoms with van der Waals surface area (Å²) in [4.78, 5) is 35.2. The molecule has 1 amide bonds. The molecule has 2 unspecified atom stereocenters. The molecule has 4 saturated heterocycles. The molecule has 2 aromatic heterocycles. The summed E-state index contributed by atoms with van der Waals surface area (Å²) in [6.45, 7) is 14.7. The molecule has 0 N–H and O–H groups in total. The molecule has 0 bridgehead atoms. The van der Waals surface area contributed by atoms with Gasteiger partial charge in [0.25, 0.3) is 5.88 Å². The van der Waals surface area contributed by atoms with E-state index in [4.69, 9.17) is 4.74 Å². The van der Waals surface area contributed by atoms with Crippen LogP contribution in [0.15, 0.2) is 37.1 Å². The summed E-state index contributed by atoms with van der Waals surface area (Å²) in [5, 5.41) is 8.45. The van der Waals surface area contributed by atoms with Gasteiger partial charge >= 0.3 is 0 Å². The van der Waals surface area contributed by atoms with Crippen LogP contribution in [0.2, 0.25) is 0 Å². The van der Waals surface area contributed by atoms with Crippen LogP contribution in [-0.4, -0.2) is 110 Å². The van der Waals surface area contributed by atoms with Crippen molar-refractivity contribution in [2.75, 3.05) is 57.3 Å². The zero-order valence-electron chi connectivity index (χ0n) is 29.4. The Morgan fingerprint density at radius 1 is 1.00 bits per heavy atom. The Morgan fingerprint density at radius 3 is 2.50 bits per heavy atom. The van der Waals surface area contributed by atoms with Gasteiger partial charge in [0.15, 0.2) is 5.82 Å². The molecule has 0 radical (unpaired) electrons. The number of fused-ring (bicyclic) bond motifs is 1. The molecule has 9 rings (SSSR count). The van der Waals surface area contributed by atoms with E-state index in [0.717, 1.165) is 88.8 Å². The minimum absolute atomic E-state index is 0.231. The number of likely N-dealkylation sites (tertiary alicyclic amines) is 3. The van der Waals surface area contributed by atoms with E-state index in [1.54, 1.807) is 25.5 Å². The largest absolute Gasteiger partial charge is 0.434 e. The average molecular weight is 682 g/mol. The van der Waals surface area contributed by atoms with E-state index < -0.39 is 0 Å².